The second-order valence-corrected chi connectivity index (χ2v) is 6.08. The molecule has 21 heavy (non-hydrogen) atoms. The molecule has 0 spiro atoms. The average Bonchev–Trinajstić information content (AvgIpc) is 2.81. The zero-order valence-corrected chi connectivity index (χ0v) is 14.6. The predicted molar refractivity (Wildman–Crippen MR) is 91.7 cm³/mol. The first-order chi connectivity index (χ1) is 10.1. The van der Waals surface area contributed by atoms with Gasteiger partial charge in [-0.15, -0.1) is 11.6 Å². The summed E-state index contributed by atoms with van der Waals surface area (Å²) in [4.78, 5) is 6.97. The standard InChI is InChI=1S/C15H20Cl3N3/c1-3-5-20(4-2)6-7-21-14-9-12(18)11(17)8-13(14)19-15(21)10-16/h8-9H,3-7,10H2,1-2H3. The van der Waals surface area contributed by atoms with Gasteiger partial charge in [0.2, 0.25) is 0 Å². The lowest BCUT2D eigenvalue weighted by Gasteiger charge is -2.20. The van der Waals surface area contributed by atoms with Gasteiger partial charge < -0.3 is 9.47 Å². The maximum absolute atomic E-state index is 6.14. The Morgan fingerprint density at radius 3 is 2.48 bits per heavy atom. The highest BCUT2D eigenvalue weighted by Gasteiger charge is 2.13. The van der Waals surface area contributed by atoms with Crippen LogP contribution in [0.2, 0.25) is 10.0 Å². The molecule has 6 heteroatoms. The van der Waals surface area contributed by atoms with Gasteiger partial charge in [0.25, 0.3) is 0 Å². The number of hydrogen-bond acceptors (Lipinski definition) is 2. The van der Waals surface area contributed by atoms with Gasteiger partial charge in [-0.1, -0.05) is 37.0 Å². The summed E-state index contributed by atoms with van der Waals surface area (Å²) in [6.45, 7) is 8.35. The van der Waals surface area contributed by atoms with E-state index in [2.05, 4.69) is 28.3 Å². The van der Waals surface area contributed by atoms with E-state index in [1.54, 1.807) is 6.07 Å². The maximum Gasteiger partial charge on any atom is 0.124 e. The van der Waals surface area contributed by atoms with Crippen LogP contribution in [0.25, 0.3) is 11.0 Å². The van der Waals surface area contributed by atoms with Crippen molar-refractivity contribution in [3.05, 3.63) is 28.0 Å². The molecule has 2 rings (SSSR count). The minimum absolute atomic E-state index is 0.379. The van der Waals surface area contributed by atoms with E-state index in [4.69, 9.17) is 34.8 Å². The summed E-state index contributed by atoms with van der Waals surface area (Å²) in [5, 5.41) is 1.07. The molecule has 1 heterocycles. The maximum atomic E-state index is 6.14. The highest BCUT2D eigenvalue weighted by atomic mass is 35.5. The number of hydrogen-bond donors (Lipinski definition) is 0. The van der Waals surface area contributed by atoms with Crippen LogP contribution >= 0.6 is 34.8 Å². The number of nitrogens with zero attached hydrogens (tertiary/aromatic N) is 3. The van der Waals surface area contributed by atoms with Gasteiger partial charge in [0, 0.05) is 13.1 Å². The minimum Gasteiger partial charge on any atom is -0.326 e. The van der Waals surface area contributed by atoms with Gasteiger partial charge in [-0.2, -0.15) is 0 Å². The molecule has 0 aliphatic carbocycles. The van der Waals surface area contributed by atoms with Crippen molar-refractivity contribution in [2.45, 2.75) is 32.7 Å². The summed E-state index contributed by atoms with van der Waals surface area (Å²) in [6.07, 6.45) is 1.16. The number of halogens is 3. The topological polar surface area (TPSA) is 21.1 Å². The first-order valence-corrected chi connectivity index (χ1v) is 8.52. The molecule has 1 aromatic heterocycles. The second kappa shape index (κ2) is 7.68. The zero-order valence-electron chi connectivity index (χ0n) is 12.4. The molecule has 3 nitrogen and oxygen atoms in total. The Morgan fingerprint density at radius 2 is 1.86 bits per heavy atom. The number of benzene rings is 1. The third kappa shape index (κ3) is 3.84. The van der Waals surface area contributed by atoms with E-state index in [0.29, 0.717) is 15.9 Å². The molecule has 0 atom stereocenters. The van der Waals surface area contributed by atoms with Crippen LogP contribution in [0.5, 0.6) is 0 Å². The molecule has 0 radical (unpaired) electrons. The Hall–Kier alpha value is -0.480. The molecule has 1 aromatic carbocycles. The van der Waals surface area contributed by atoms with Crippen molar-refractivity contribution in [1.29, 1.82) is 0 Å². The smallest absolute Gasteiger partial charge is 0.124 e. The molecule has 0 amide bonds. The van der Waals surface area contributed by atoms with Crippen LogP contribution in [-0.2, 0) is 12.4 Å². The van der Waals surface area contributed by atoms with Gasteiger partial charge in [0.1, 0.15) is 5.82 Å². The molecule has 0 saturated heterocycles. The average molecular weight is 349 g/mol. The van der Waals surface area contributed by atoms with E-state index in [1.807, 2.05) is 6.07 Å². The lowest BCUT2D eigenvalue weighted by Crippen LogP contribution is -2.28. The first kappa shape index (κ1) is 16.9. The van der Waals surface area contributed by atoms with Crippen molar-refractivity contribution in [2.24, 2.45) is 0 Å². The molecule has 0 aliphatic heterocycles. The summed E-state index contributed by atoms with van der Waals surface area (Å²) < 4.78 is 2.14. The van der Waals surface area contributed by atoms with Crippen LogP contribution < -0.4 is 0 Å². The van der Waals surface area contributed by atoms with Crippen molar-refractivity contribution in [3.63, 3.8) is 0 Å². The summed E-state index contributed by atoms with van der Waals surface area (Å²) in [5.74, 6) is 1.24. The monoisotopic (exact) mass is 347 g/mol. The number of aromatic nitrogens is 2. The highest BCUT2D eigenvalue weighted by Crippen LogP contribution is 2.28. The Labute approximate surface area is 140 Å². The van der Waals surface area contributed by atoms with E-state index in [1.165, 1.54) is 0 Å². The largest absolute Gasteiger partial charge is 0.326 e. The fourth-order valence-corrected chi connectivity index (χ4v) is 3.03. The van der Waals surface area contributed by atoms with Gasteiger partial charge >= 0.3 is 0 Å². The number of imidazole rings is 1. The molecule has 2 aromatic rings. The molecule has 0 aliphatic rings. The lowest BCUT2D eigenvalue weighted by atomic mass is 10.3. The van der Waals surface area contributed by atoms with Crippen LogP contribution in [0.15, 0.2) is 12.1 Å². The van der Waals surface area contributed by atoms with Gasteiger partial charge in [-0.3, -0.25) is 0 Å². The number of rotatable bonds is 7. The van der Waals surface area contributed by atoms with E-state index in [0.717, 1.165) is 49.5 Å². The Balaban J connectivity index is 2.30. The zero-order chi connectivity index (χ0) is 15.4. The van der Waals surface area contributed by atoms with Crippen molar-refractivity contribution >= 4 is 45.8 Å². The van der Waals surface area contributed by atoms with Crippen molar-refractivity contribution in [2.75, 3.05) is 19.6 Å². The van der Waals surface area contributed by atoms with Gasteiger partial charge in [-0.25, -0.2) is 4.98 Å². The molecular weight excluding hydrogens is 329 g/mol. The summed E-state index contributed by atoms with van der Waals surface area (Å²) >= 11 is 18.2. The minimum atomic E-state index is 0.379. The number of alkyl halides is 1. The van der Waals surface area contributed by atoms with Crippen molar-refractivity contribution < 1.29 is 0 Å². The lowest BCUT2D eigenvalue weighted by molar-refractivity contribution is 0.277. The highest BCUT2D eigenvalue weighted by molar-refractivity contribution is 6.42. The van der Waals surface area contributed by atoms with Crippen LogP contribution in [0, 0.1) is 0 Å². The van der Waals surface area contributed by atoms with Crippen LogP contribution in [0.3, 0.4) is 0 Å². The summed E-state index contributed by atoms with van der Waals surface area (Å²) in [5.41, 5.74) is 1.84. The Morgan fingerprint density at radius 1 is 1.14 bits per heavy atom. The van der Waals surface area contributed by atoms with Gasteiger partial charge in [0.15, 0.2) is 0 Å². The third-order valence-corrected chi connectivity index (χ3v) is 4.58. The van der Waals surface area contributed by atoms with Crippen LogP contribution in [0.4, 0.5) is 0 Å². The van der Waals surface area contributed by atoms with E-state index < -0.39 is 0 Å². The molecule has 116 valence electrons. The fraction of sp³-hybridized carbons (Fsp3) is 0.533. The summed E-state index contributed by atoms with van der Waals surface area (Å²) in [7, 11) is 0. The number of fused-ring (bicyclic) bond motifs is 1. The third-order valence-electron chi connectivity index (χ3n) is 3.62. The molecule has 0 saturated carbocycles. The molecule has 0 N–H and O–H groups in total. The molecule has 0 unspecified atom stereocenters. The molecule has 0 fully saturated rings. The Bertz CT molecular complexity index is 610. The fourth-order valence-electron chi connectivity index (χ4n) is 2.51. The SMILES string of the molecule is CCCN(CC)CCn1c(CCl)nc2cc(Cl)c(Cl)cc21. The van der Waals surface area contributed by atoms with Gasteiger partial charge in [-0.05, 0) is 31.6 Å². The van der Waals surface area contributed by atoms with E-state index in [-0.39, 0.29) is 0 Å². The number of likely N-dealkylation sites (N-methyl/N-ethyl adjacent to an activating group) is 1. The second-order valence-electron chi connectivity index (χ2n) is 5.00. The van der Waals surface area contributed by atoms with Crippen molar-refractivity contribution in [1.82, 2.24) is 14.5 Å². The normalized spacial score (nSPS) is 11.7. The molecule has 0 bridgehead atoms. The Kier molecular flexibility index (Phi) is 6.18. The van der Waals surface area contributed by atoms with E-state index in [9.17, 15) is 0 Å². The molecular formula is C15H20Cl3N3. The van der Waals surface area contributed by atoms with Crippen molar-refractivity contribution in [3.8, 4) is 0 Å². The quantitative estimate of drug-likeness (QED) is 0.669. The first-order valence-electron chi connectivity index (χ1n) is 7.23. The summed E-state index contributed by atoms with van der Waals surface area (Å²) in [6, 6.07) is 3.67. The van der Waals surface area contributed by atoms with Crippen LogP contribution in [-0.4, -0.2) is 34.1 Å². The van der Waals surface area contributed by atoms with Crippen LogP contribution in [0.1, 0.15) is 26.1 Å². The predicted octanol–water partition coefficient (Wildman–Crippen LogP) is 4.81. The van der Waals surface area contributed by atoms with Gasteiger partial charge in [0.05, 0.1) is 27.0 Å². The van der Waals surface area contributed by atoms with E-state index >= 15 is 0 Å².